The van der Waals surface area contributed by atoms with Crippen molar-refractivity contribution in [2.45, 2.75) is 31.7 Å². The molecule has 0 radical (unpaired) electrons. The summed E-state index contributed by atoms with van der Waals surface area (Å²) in [6.45, 7) is 6.18. The summed E-state index contributed by atoms with van der Waals surface area (Å²) >= 11 is 1.63. The van der Waals surface area contributed by atoms with Crippen LogP contribution in [0.15, 0.2) is 72.1 Å². The minimum Gasteiger partial charge on any atom is -0.360 e. The van der Waals surface area contributed by atoms with Crippen molar-refractivity contribution < 1.29 is 0 Å². The maximum absolute atomic E-state index is 4.74. The molecule has 0 bridgehead atoms. The largest absolute Gasteiger partial charge is 0.360 e. The van der Waals surface area contributed by atoms with E-state index in [4.69, 9.17) is 4.98 Å². The molecule has 0 atom stereocenters. The first-order valence-electron chi connectivity index (χ1n) is 11.1. The van der Waals surface area contributed by atoms with Gasteiger partial charge >= 0.3 is 0 Å². The molecule has 8 heteroatoms. The van der Waals surface area contributed by atoms with Crippen LogP contribution in [0.5, 0.6) is 0 Å². The molecule has 0 aliphatic carbocycles. The van der Waals surface area contributed by atoms with E-state index in [0.717, 1.165) is 61.6 Å². The summed E-state index contributed by atoms with van der Waals surface area (Å²) in [5.74, 6) is 2.21. The Balaban J connectivity index is 1.43. The number of hydrogen-bond acceptors (Lipinski definition) is 5. The fourth-order valence-corrected chi connectivity index (χ4v) is 5.18. The van der Waals surface area contributed by atoms with E-state index in [1.807, 2.05) is 29.7 Å². The van der Waals surface area contributed by atoms with Crippen LogP contribution in [-0.4, -0.2) is 34.1 Å². The number of aromatic amines is 1. The second-order valence-corrected chi connectivity index (χ2v) is 9.35. The molecule has 0 aliphatic heterocycles. The van der Waals surface area contributed by atoms with Crippen LogP contribution in [0.2, 0.25) is 0 Å². The first-order valence-corrected chi connectivity index (χ1v) is 12.1. The number of hydrogen-bond donors (Lipinski definition) is 1. The van der Waals surface area contributed by atoms with Crippen LogP contribution >= 0.6 is 11.8 Å². The van der Waals surface area contributed by atoms with E-state index in [1.54, 1.807) is 11.8 Å². The van der Waals surface area contributed by atoms with Crippen LogP contribution in [-0.2, 0) is 5.75 Å². The lowest BCUT2D eigenvalue weighted by Gasteiger charge is -2.12. The third-order valence-corrected chi connectivity index (χ3v) is 6.94. The monoisotopic (exact) mass is 465 g/mol. The minimum absolute atomic E-state index is 0.666. The van der Waals surface area contributed by atoms with Crippen LogP contribution in [0.3, 0.4) is 0 Å². The first-order chi connectivity index (χ1) is 16.6. The lowest BCUT2D eigenvalue weighted by atomic mass is 10.1. The summed E-state index contributed by atoms with van der Waals surface area (Å²) in [5, 5.41) is 11.2. The van der Waals surface area contributed by atoms with Crippen molar-refractivity contribution in [3.05, 3.63) is 89.6 Å². The summed E-state index contributed by atoms with van der Waals surface area (Å²) in [4.78, 5) is 12.7. The van der Waals surface area contributed by atoms with Gasteiger partial charge in [0.15, 0.2) is 11.0 Å². The molecule has 7 nitrogen and oxygen atoms in total. The molecule has 0 spiro atoms. The maximum atomic E-state index is 4.74. The summed E-state index contributed by atoms with van der Waals surface area (Å²) in [6, 6.07) is 18.7. The van der Waals surface area contributed by atoms with Crippen LogP contribution < -0.4 is 0 Å². The molecule has 168 valence electrons. The zero-order chi connectivity index (χ0) is 23.2. The number of nitrogens with zero attached hydrogens (tertiary/aromatic N) is 6. The van der Waals surface area contributed by atoms with Gasteiger partial charge in [-0.05, 0) is 44.5 Å². The van der Waals surface area contributed by atoms with E-state index in [0.29, 0.717) is 5.75 Å². The predicted molar refractivity (Wildman–Crippen MR) is 135 cm³/mol. The molecule has 0 unspecified atom stereocenters. The number of H-pyrrole nitrogens is 1. The normalized spacial score (nSPS) is 11.6. The minimum atomic E-state index is 0.666. The second-order valence-electron chi connectivity index (χ2n) is 8.41. The predicted octanol–water partition coefficient (Wildman–Crippen LogP) is 5.68. The summed E-state index contributed by atoms with van der Waals surface area (Å²) in [6.07, 6.45) is 4.07. The number of thioether (sulfide) groups is 1. The SMILES string of the molecule is Cc1cc(C)n2cc(CSc3nnc(-c4c[nH]c5ccccc45)n3-c3ccccc3C)nc2n1. The zero-order valence-corrected chi connectivity index (χ0v) is 20.0. The summed E-state index contributed by atoms with van der Waals surface area (Å²) in [5.41, 5.74) is 7.38. The molecule has 0 saturated heterocycles. The number of fused-ring (bicyclic) bond motifs is 2. The average molecular weight is 466 g/mol. The van der Waals surface area contributed by atoms with Crippen LogP contribution in [0.1, 0.15) is 22.6 Å². The van der Waals surface area contributed by atoms with Gasteiger partial charge in [-0.3, -0.25) is 8.97 Å². The number of benzene rings is 2. The molecular weight excluding hydrogens is 442 g/mol. The Kier molecular flexibility index (Phi) is 4.95. The number of imidazole rings is 1. The highest BCUT2D eigenvalue weighted by Gasteiger charge is 2.20. The molecule has 6 rings (SSSR count). The Morgan fingerprint density at radius 3 is 2.65 bits per heavy atom. The Hall–Kier alpha value is -3.91. The van der Waals surface area contributed by atoms with Crippen LogP contribution in [0.4, 0.5) is 0 Å². The van der Waals surface area contributed by atoms with Gasteiger partial charge in [0.05, 0.1) is 11.4 Å². The summed E-state index contributed by atoms with van der Waals surface area (Å²) in [7, 11) is 0. The van der Waals surface area contributed by atoms with Crippen molar-refractivity contribution in [3.63, 3.8) is 0 Å². The molecule has 4 aromatic heterocycles. The lowest BCUT2D eigenvalue weighted by Crippen LogP contribution is -2.01. The van der Waals surface area contributed by atoms with Gasteiger partial charge in [-0.15, -0.1) is 10.2 Å². The molecule has 0 fully saturated rings. The lowest BCUT2D eigenvalue weighted by molar-refractivity contribution is 0.880. The van der Waals surface area contributed by atoms with E-state index in [2.05, 4.69) is 87.2 Å². The van der Waals surface area contributed by atoms with Crippen molar-refractivity contribution in [2.75, 3.05) is 0 Å². The average Bonchev–Trinajstić information content (AvgIpc) is 3.54. The van der Waals surface area contributed by atoms with Crippen molar-refractivity contribution in [1.29, 1.82) is 0 Å². The number of rotatable bonds is 5. The quantitative estimate of drug-likeness (QED) is 0.332. The summed E-state index contributed by atoms with van der Waals surface area (Å²) < 4.78 is 4.19. The standard InChI is InChI=1S/C26H23N7S/c1-16-8-4-7-11-23(16)33-24(21-13-27-22-10-6-5-9-20(21)22)30-31-26(33)34-15-19-14-32-18(3)12-17(2)28-25(32)29-19/h4-14,27H,15H2,1-3H3. The Morgan fingerprint density at radius 1 is 0.941 bits per heavy atom. The van der Waals surface area contributed by atoms with Gasteiger partial charge in [-0.25, -0.2) is 9.97 Å². The van der Waals surface area contributed by atoms with Gasteiger partial charge in [0.2, 0.25) is 5.78 Å². The van der Waals surface area contributed by atoms with Gasteiger partial charge in [-0.1, -0.05) is 48.2 Å². The number of aryl methyl sites for hydroxylation is 3. The van der Waals surface area contributed by atoms with Gasteiger partial charge in [0.1, 0.15) is 0 Å². The van der Waals surface area contributed by atoms with E-state index in [1.165, 1.54) is 0 Å². The number of para-hydroxylation sites is 2. The van der Waals surface area contributed by atoms with Crippen molar-refractivity contribution in [2.24, 2.45) is 0 Å². The van der Waals surface area contributed by atoms with Crippen molar-refractivity contribution in [1.82, 2.24) is 34.1 Å². The molecule has 34 heavy (non-hydrogen) atoms. The van der Waals surface area contributed by atoms with E-state index >= 15 is 0 Å². The zero-order valence-electron chi connectivity index (χ0n) is 19.1. The Labute approximate surface area is 200 Å². The van der Waals surface area contributed by atoms with Crippen LogP contribution in [0.25, 0.3) is 33.8 Å². The number of nitrogens with one attached hydrogen (secondary N) is 1. The third kappa shape index (κ3) is 3.47. The molecule has 0 aliphatic rings. The molecule has 0 saturated carbocycles. The molecule has 6 aromatic rings. The van der Waals surface area contributed by atoms with Crippen molar-refractivity contribution >= 4 is 28.4 Å². The van der Waals surface area contributed by atoms with Gasteiger partial charge < -0.3 is 4.98 Å². The van der Waals surface area contributed by atoms with Crippen molar-refractivity contribution in [3.8, 4) is 17.1 Å². The highest BCUT2D eigenvalue weighted by Crippen LogP contribution is 2.34. The highest BCUT2D eigenvalue weighted by molar-refractivity contribution is 7.98. The van der Waals surface area contributed by atoms with E-state index < -0.39 is 0 Å². The van der Waals surface area contributed by atoms with E-state index in [9.17, 15) is 0 Å². The molecule has 1 N–H and O–H groups in total. The molecule has 4 heterocycles. The fraction of sp³-hybridized carbons (Fsp3) is 0.154. The fourth-order valence-electron chi connectivity index (χ4n) is 4.35. The second kappa shape index (κ2) is 8.14. The highest BCUT2D eigenvalue weighted by atomic mass is 32.2. The number of aromatic nitrogens is 7. The molecule has 0 amide bonds. The van der Waals surface area contributed by atoms with Gasteiger partial charge in [-0.2, -0.15) is 0 Å². The maximum Gasteiger partial charge on any atom is 0.234 e. The van der Waals surface area contributed by atoms with Gasteiger partial charge in [0.25, 0.3) is 0 Å². The molecular formula is C26H23N7S. The third-order valence-electron chi connectivity index (χ3n) is 5.98. The van der Waals surface area contributed by atoms with Crippen LogP contribution in [0, 0.1) is 20.8 Å². The van der Waals surface area contributed by atoms with Gasteiger partial charge in [0, 0.05) is 46.0 Å². The Bertz CT molecular complexity index is 1660. The Morgan fingerprint density at radius 2 is 1.76 bits per heavy atom. The van der Waals surface area contributed by atoms with E-state index in [-0.39, 0.29) is 0 Å². The molecule has 2 aromatic carbocycles. The smallest absolute Gasteiger partial charge is 0.234 e. The topological polar surface area (TPSA) is 76.7 Å². The first kappa shape index (κ1) is 20.7.